The molecule has 0 aromatic heterocycles. The first-order chi connectivity index (χ1) is 16.1. The van der Waals surface area contributed by atoms with Crippen molar-refractivity contribution in [2.75, 3.05) is 37.1 Å². The van der Waals surface area contributed by atoms with Crippen LogP contribution in [0.25, 0.3) is 0 Å². The van der Waals surface area contributed by atoms with Crippen LogP contribution in [0.4, 0.5) is 5.69 Å². The topological polar surface area (TPSA) is 66.9 Å². The molecule has 1 amide bonds. The van der Waals surface area contributed by atoms with Crippen LogP contribution in [0.3, 0.4) is 0 Å². The Bertz CT molecular complexity index is 1080. The van der Waals surface area contributed by atoms with Crippen molar-refractivity contribution in [1.29, 1.82) is 0 Å². The maximum Gasteiger partial charge on any atom is 0.254 e. The molecule has 3 rings (SSSR count). The summed E-state index contributed by atoms with van der Waals surface area (Å²) in [7, 11) is 0.737. The summed E-state index contributed by atoms with van der Waals surface area (Å²) in [4.78, 5) is 17.2. The van der Waals surface area contributed by atoms with Gasteiger partial charge in [-0.25, -0.2) is 8.42 Å². The van der Waals surface area contributed by atoms with E-state index in [4.69, 9.17) is 27.9 Å². The molecule has 34 heavy (non-hydrogen) atoms. The molecular formula is C25H32Cl2N2O4S. The maximum absolute atomic E-state index is 13.6. The van der Waals surface area contributed by atoms with Gasteiger partial charge in [-0.05, 0) is 42.7 Å². The van der Waals surface area contributed by atoms with Gasteiger partial charge in [0.05, 0.1) is 28.2 Å². The average molecular weight is 528 g/mol. The predicted octanol–water partition coefficient (Wildman–Crippen LogP) is 5.46. The van der Waals surface area contributed by atoms with E-state index in [-0.39, 0.29) is 34.0 Å². The van der Waals surface area contributed by atoms with Crippen LogP contribution in [0, 0.1) is 0 Å². The summed E-state index contributed by atoms with van der Waals surface area (Å²) >= 11 is 12.9. The second-order valence-corrected chi connectivity index (χ2v) is 11.9. The zero-order valence-electron chi connectivity index (χ0n) is 19.9. The number of carbonyl (C=O) groups excluding carboxylic acids is 1. The largest absolute Gasteiger partial charge is 0.490 e. The fourth-order valence-corrected chi connectivity index (χ4v) is 6.32. The van der Waals surface area contributed by atoms with E-state index in [0.29, 0.717) is 24.3 Å². The lowest BCUT2D eigenvalue weighted by molar-refractivity contribution is 0.0681. The van der Waals surface area contributed by atoms with Crippen molar-refractivity contribution in [3.05, 3.63) is 57.6 Å². The second kappa shape index (κ2) is 11.6. The van der Waals surface area contributed by atoms with Gasteiger partial charge < -0.3 is 14.5 Å². The molecule has 1 saturated heterocycles. The zero-order chi connectivity index (χ0) is 24.9. The van der Waals surface area contributed by atoms with Crippen LogP contribution >= 0.6 is 23.2 Å². The normalized spacial score (nSPS) is 16.9. The fourth-order valence-electron chi connectivity index (χ4n) is 4.00. The molecule has 0 N–H and O–H groups in total. The van der Waals surface area contributed by atoms with E-state index in [1.165, 1.54) is 0 Å². The first-order valence-corrected chi connectivity index (χ1v) is 14.1. The smallest absolute Gasteiger partial charge is 0.254 e. The van der Waals surface area contributed by atoms with E-state index in [9.17, 15) is 13.2 Å². The van der Waals surface area contributed by atoms with Crippen LogP contribution in [-0.2, 0) is 16.4 Å². The quantitative estimate of drug-likeness (QED) is 0.384. The lowest BCUT2D eigenvalue weighted by Gasteiger charge is -2.29. The van der Waals surface area contributed by atoms with E-state index < -0.39 is 15.9 Å². The summed E-state index contributed by atoms with van der Waals surface area (Å²) < 4.78 is 30.1. The monoisotopic (exact) mass is 526 g/mol. The van der Waals surface area contributed by atoms with Crippen LogP contribution in [0.15, 0.2) is 36.4 Å². The molecule has 1 aliphatic rings. The highest BCUT2D eigenvalue weighted by atomic mass is 35.5. The molecule has 186 valence electrons. The Morgan fingerprint density at radius 1 is 1.09 bits per heavy atom. The predicted molar refractivity (Wildman–Crippen MR) is 139 cm³/mol. The first-order valence-electron chi connectivity index (χ1n) is 11.5. The summed E-state index contributed by atoms with van der Waals surface area (Å²) in [6.07, 6.45) is 3.41. The molecule has 1 aliphatic heterocycles. The molecule has 1 atom stereocenters. The van der Waals surface area contributed by atoms with Gasteiger partial charge in [0.2, 0.25) is 0 Å². The third-order valence-electron chi connectivity index (χ3n) is 5.96. The maximum atomic E-state index is 13.6. The molecule has 0 aliphatic carbocycles. The summed E-state index contributed by atoms with van der Waals surface area (Å²) in [6, 6.07) is 10.5. The van der Waals surface area contributed by atoms with E-state index >= 15 is 0 Å². The lowest BCUT2D eigenvalue weighted by Crippen LogP contribution is -2.40. The highest BCUT2D eigenvalue weighted by Gasteiger charge is 2.35. The van der Waals surface area contributed by atoms with Crippen LogP contribution in [0.2, 0.25) is 10.0 Å². The van der Waals surface area contributed by atoms with Gasteiger partial charge in [0.1, 0.15) is 0 Å². The second-order valence-electron chi connectivity index (χ2n) is 8.88. The van der Waals surface area contributed by atoms with Crippen LogP contribution < -0.4 is 9.64 Å². The van der Waals surface area contributed by atoms with E-state index in [2.05, 4.69) is 6.92 Å². The third-order valence-corrected chi connectivity index (χ3v) is 8.27. The Kier molecular flexibility index (Phi) is 9.13. The third kappa shape index (κ3) is 6.80. The average Bonchev–Trinajstić information content (AvgIpc) is 3.15. The SMILES string of the molecule is CCCCCOc1c(Cl)cc(C(=O)N(Cc2ccc(N(C)C)cc2)C2CCS(=O)(=O)C2)cc1Cl. The molecule has 1 fully saturated rings. The van der Waals surface area contributed by atoms with Gasteiger partial charge in [0.15, 0.2) is 15.6 Å². The minimum Gasteiger partial charge on any atom is -0.490 e. The summed E-state index contributed by atoms with van der Waals surface area (Å²) in [5.74, 6) is 0.0900. The van der Waals surface area contributed by atoms with Crippen molar-refractivity contribution in [2.45, 2.75) is 45.2 Å². The molecule has 0 saturated carbocycles. The zero-order valence-corrected chi connectivity index (χ0v) is 22.2. The van der Waals surface area contributed by atoms with Gasteiger partial charge in [-0.3, -0.25) is 4.79 Å². The van der Waals surface area contributed by atoms with E-state index in [1.807, 2.05) is 43.3 Å². The van der Waals surface area contributed by atoms with Crippen molar-refractivity contribution >= 4 is 44.6 Å². The van der Waals surface area contributed by atoms with Crippen LogP contribution in [0.1, 0.15) is 48.5 Å². The number of halogens is 2. The number of benzene rings is 2. The molecule has 0 radical (unpaired) electrons. The van der Waals surface area contributed by atoms with Crippen LogP contribution in [-0.4, -0.2) is 57.5 Å². The standard InChI is InChI=1S/C25H32Cl2N2O4S/c1-4-5-6-12-33-24-22(26)14-19(15-23(24)27)25(30)29(21-11-13-34(31,32)17-21)16-18-7-9-20(10-8-18)28(2)3/h7-10,14-15,21H,4-6,11-13,16-17H2,1-3H3. The molecule has 1 heterocycles. The molecule has 0 bridgehead atoms. The lowest BCUT2D eigenvalue weighted by atomic mass is 10.1. The minimum absolute atomic E-state index is 0.0470. The van der Waals surface area contributed by atoms with Gasteiger partial charge in [0.25, 0.3) is 5.91 Å². The number of nitrogens with zero attached hydrogens (tertiary/aromatic N) is 2. The molecular weight excluding hydrogens is 495 g/mol. The highest BCUT2D eigenvalue weighted by molar-refractivity contribution is 7.91. The van der Waals surface area contributed by atoms with E-state index in [1.54, 1.807) is 17.0 Å². The molecule has 2 aromatic rings. The molecule has 9 heteroatoms. The number of hydrogen-bond donors (Lipinski definition) is 0. The fraction of sp³-hybridized carbons (Fsp3) is 0.480. The Labute approximate surface area is 212 Å². The van der Waals surface area contributed by atoms with Crippen LogP contribution in [0.5, 0.6) is 5.75 Å². The number of amides is 1. The summed E-state index contributed by atoms with van der Waals surface area (Å²) in [6.45, 7) is 2.89. The Hall–Kier alpha value is -1.96. The molecule has 2 aromatic carbocycles. The number of carbonyl (C=O) groups is 1. The Morgan fingerprint density at radius 2 is 1.74 bits per heavy atom. The van der Waals surface area contributed by atoms with Gasteiger partial charge in [-0.15, -0.1) is 0 Å². The number of ether oxygens (including phenoxy) is 1. The minimum atomic E-state index is -3.18. The number of hydrogen-bond acceptors (Lipinski definition) is 5. The van der Waals surface area contributed by atoms with Gasteiger partial charge in [-0.1, -0.05) is 55.1 Å². The summed E-state index contributed by atoms with van der Waals surface area (Å²) in [5, 5.41) is 0.531. The van der Waals surface area contributed by atoms with Gasteiger partial charge >= 0.3 is 0 Å². The van der Waals surface area contributed by atoms with Gasteiger partial charge in [-0.2, -0.15) is 0 Å². The van der Waals surface area contributed by atoms with Gasteiger partial charge in [0, 0.05) is 37.9 Å². The molecule has 1 unspecified atom stereocenters. The van der Waals surface area contributed by atoms with Crippen molar-refractivity contribution in [3.63, 3.8) is 0 Å². The van der Waals surface area contributed by atoms with E-state index in [0.717, 1.165) is 30.5 Å². The number of rotatable bonds is 10. The van der Waals surface area contributed by atoms with Crippen molar-refractivity contribution in [2.24, 2.45) is 0 Å². The Balaban J connectivity index is 1.86. The number of sulfone groups is 1. The Morgan fingerprint density at radius 3 is 2.26 bits per heavy atom. The highest BCUT2D eigenvalue weighted by Crippen LogP contribution is 2.35. The van der Waals surface area contributed by atoms with Crippen molar-refractivity contribution in [1.82, 2.24) is 4.90 Å². The number of anilines is 1. The first kappa shape index (κ1) is 26.6. The summed E-state index contributed by atoms with van der Waals surface area (Å²) in [5.41, 5.74) is 2.26. The molecule has 6 nitrogen and oxygen atoms in total. The molecule has 0 spiro atoms. The number of unbranched alkanes of at least 4 members (excludes halogenated alkanes) is 2. The van der Waals surface area contributed by atoms with Crippen molar-refractivity contribution < 1.29 is 17.9 Å². The van der Waals surface area contributed by atoms with Crippen molar-refractivity contribution in [3.8, 4) is 5.75 Å².